The Labute approximate surface area is 116 Å². The van der Waals surface area contributed by atoms with Crippen molar-refractivity contribution >= 4 is 0 Å². The fourth-order valence-electron chi connectivity index (χ4n) is 2.33. The van der Waals surface area contributed by atoms with E-state index in [2.05, 4.69) is 32.6 Å². The summed E-state index contributed by atoms with van der Waals surface area (Å²) in [6.07, 6.45) is 15.9. The molecular formula is C18H34. The highest BCUT2D eigenvalue weighted by molar-refractivity contribution is 4.98. The number of hydrogen-bond acceptors (Lipinski definition) is 0. The van der Waals surface area contributed by atoms with Crippen LogP contribution in [0.2, 0.25) is 0 Å². The lowest BCUT2D eigenvalue weighted by atomic mass is 9.94. The normalized spacial score (nSPS) is 11.9. The largest absolute Gasteiger partial charge is 0.103 e. The fourth-order valence-corrected chi connectivity index (χ4v) is 2.33. The fraction of sp³-hybridized carbons (Fsp3) is 0.889. The van der Waals surface area contributed by atoms with E-state index in [9.17, 15) is 0 Å². The maximum Gasteiger partial charge on any atom is 0.00913 e. The van der Waals surface area contributed by atoms with Gasteiger partial charge in [0.2, 0.25) is 0 Å². The molecule has 0 aromatic carbocycles. The molecule has 0 aliphatic carbocycles. The molecule has 0 aliphatic heterocycles. The molecule has 0 N–H and O–H groups in total. The molecule has 0 aromatic rings. The molecule has 18 heavy (non-hydrogen) atoms. The van der Waals surface area contributed by atoms with Crippen LogP contribution in [0.4, 0.5) is 0 Å². The number of rotatable bonds is 11. The summed E-state index contributed by atoms with van der Waals surface area (Å²) in [7, 11) is 0. The van der Waals surface area contributed by atoms with Gasteiger partial charge in [0.05, 0.1) is 0 Å². The zero-order valence-corrected chi connectivity index (χ0v) is 13.1. The van der Waals surface area contributed by atoms with Crippen LogP contribution in [-0.4, -0.2) is 0 Å². The van der Waals surface area contributed by atoms with Crippen molar-refractivity contribution in [1.82, 2.24) is 0 Å². The van der Waals surface area contributed by atoms with Crippen LogP contribution in [0.25, 0.3) is 0 Å². The SMILES string of the molecule is CCCCCC#CCCC(CC)CCCCCC. The Morgan fingerprint density at radius 1 is 0.667 bits per heavy atom. The van der Waals surface area contributed by atoms with E-state index in [0.717, 1.165) is 18.8 Å². The molecule has 0 spiro atoms. The van der Waals surface area contributed by atoms with Crippen LogP contribution >= 0.6 is 0 Å². The molecule has 1 unspecified atom stereocenters. The lowest BCUT2D eigenvalue weighted by molar-refractivity contribution is 0.419. The Balaban J connectivity index is 3.48. The second-order valence-electron chi connectivity index (χ2n) is 5.47. The molecular weight excluding hydrogens is 216 g/mol. The first-order valence-electron chi connectivity index (χ1n) is 8.30. The molecule has 0 bridgehead atoms. The Bertz CT molecular complexity index is 206. The third-order valence-corrected chi connectivity index (χ3v) is 3.75. The predicted octanol–water partition coefficient (Wildman–Crippen LogP) is 6.35. The summed E-state index contributed by atoms with van der Waals surface area (Å²) >= 11 is 0. The van der Waals surface area contributed by atoms with Gasteiger partial charge in [-0.2, -0.15) is 0 Å². The second-order valence-corrected chi connectivity index (χ2v) is 5.47. The first-order valence-corrected chi connectivity index (χ1v) is 8.30. The molecule has 0 amide bonds. The third-order valence-electron chi connectivity index (χ3n) is 3.75. The van der Waals surface area contributed by atoms with Gasteiger partial charge in [-0.25, -0.2) is 0 Å². The first kappa shape index (κ1) is 17.6. The van der Waals surface area contributed by atoms with Gasteiger partial charge in [-0.05, 0) is 18.8 Å². The lowest BCUT2D eigenvalue weighted by Gasteiger charge is -2.12. The van der Waals surface area contributed by atoms with Crippen molar-refractivity contribution in [3.8, 4) is 11.8 Å². The van der Waals surface area contributed by atoms with Crippen LogP contribution in [-0.2, 0) is 0 Å². The van der Waals surface area contributed by atoms with Crippen LogP contribution in [0.3, 0.4) is 0 Å². The van der Waals surface area contributed by atoms with E-state index in [4.69, 9.17) is 0 Å². The average molecular weight is 250 g/mol. The Morgan fingerprint density at radius 2 is 1.33 bits per heavy atom. The van der Waals surface area contributed by atoms with E-state index < -0.39 is 0 Å². The van der Waals surface area contributed by atoms with Crippen molar-refractivity contribution in [2.24, 2.45) is 5.92 Å². The highest BCUT2D eigenvalue weighted by Crippen LogP contribution is 2.19. The molecule has 0 aromatic heterocycles. The quantitative estimate of drug-likeness (QED) is 0.296. The monoisotopic (exact) mass is 250 g/mol. The molecule has 0 rings (SSSR count). The molecule has 0 aliphatic rings. The van der Waals surface area contributed by atoms with Gasteiger partial charge < -0.3 is 0 Å². The number of unbranched alkanes of at least 4 members (excludes halogenated alkanes) is 6. The highest BCUT2D eigenvalue weighted by Gasteiger charge is 2.04. The first-order chi connectivity index (χ1) is 8.85. The summed E-state index contributed by atoms with van der Waals surface area (Å²) in [6.45, 7) is 6.86. The predicted molar refractivity (Wildman–Crippen MR) is 83.7 cm³/mol. The molecule has 0 nitrogen and oxygen atoms in total. The summed E-state index contributed by atoms with van der Waals surface area (Å²) in [5.74, 6) is 7.61. The van der Waals surface area contributed by atoms with Gasteiger partial charge >= 0.3 is 0 Å². The molecule has 0 fully saturated rings. The summed E-state index contributed by atoms with van der Waals surface area (Å²) < 4.78 is 0. The minimum absolute atomic E-state index is 0.923. The Hall–Kier alpha value is -0.440. The Morgan fingerprint density at radius 3 is 2.00 bits per heavy atom. The maximum absolute atomic E-state index is 3.36. The van der Waals surface area contributed by atoms with E-state index in [1.165, 1.54) is 64.2 Å². The van der Waals surface area contributed by atoms with Crippen LogP contribution in [0.1, 0.15) is 97.8 Å². The van der Waals surface area contributed by atoms with E-state index in [0.29, 0.717) is 0 Å². The zero-order chi connectivity index (χ0) is 13.5. The zero-order valence-electron chi connectivity index (χ0n) is 13.1. The molecule has 1 atom stereocenters. The van der Waals surface area contributed by atoms with E-state index in [1.807, 2.05) is 0 Å². The van der Waals surface area contributed by atoms with Gasteiger partial charge in [0.1, 0.15) is 0 Å². The van der Waals surface area contributed by atoms with Crippen LogP contribution < -0.4 is 0 Å². The van der Waals surface area contributed by atoms with Crippen molar-refractivity contribution in [1.29, 1.82) is 0 Å². The second kappa shape index (κ2) is 14.6. The van der Waals surface area contributed by atoms with E-state index in [1.54, 1.807) is 0 Å². The average Bonchev–Trinajstić information content (AvgIpc) is 2.40. The van der Waals surface area contributed by atoms with Crippen LogP contribution in [0.15, 0.2) is 0 Å². The van der Waals surface area contributed by atoms with Crippen molar-refractivity contribution in [2.45, 2.75) is 97.8 Å². The summed E-state index contributed by atoms with van der Waals surface area (Å²) in [5, 5.41) is 0. The summed E-state index contributed by atoms with van der Waals surface area (Å²) in [4.78, 5) is 0. The van der Waals surface area contributed by atoms with E-state index in [-0.39, 0.29) is 0 Å². The van der Waals surface area contributed by atoms with Crippen molar-refractivity contribution < 1.29 is 0 Å². The Kier molecular flexibility index (Phi) is 14.3. The smallest absolute Gasteiger partial charge is 0.00913 e. The van der Waals surface area contributed by atoms with Gasteiger partial charge in [-0.15, -0.1) is 11.8 Å². The van der Waals surface area contributed by atoms with Gasteiger partial charge in [-0.3, -0.25) is 0 Å². The van der Waals surface area contributed by atoms with Gasteiger partial charge in [-0.1, -0.05) is 72.1 Å². The van der Waals surface area contributed by atoms with Crippen molar-refractivity contribution in [2.75, 3.05) is 0 Å². The minimum atomic E-state index is 0.923. The third kappa shape index (κ3) is 12.0. The van der Waals surface area contributed by atoms with Gasteiger partial charge in [0.15, 0.2) is 0 Å². The van der Waals surface area contributed by atoms with Gasteiger partial charge in [0, 0.05) is 12.8 Å². The molecule has 0 radical (unpaired) electrons. The summed E-state index contributed by atoms with van der Waals surface area (Å²) in [6, 6.07) is 0. The maximum atomic E-state index is 3.36. The highest BCUT2D eigenvalue weighted by atomic mass is 14.1. The van der Waals surface area contributed by atoms with Crippen molar-refractivity contribution in [3.63, 3.8) is 0 Å². The molecule has 0 heteroatoms. The van der Waals surface area contributed by atoms with E-state index >= 15 is 0 Å². The molecule has 0 saturated carbocycles. The van der Waals surface area contributed by atoms with Crippen molar-refractivity contribution in [3.05, 3.63) is 0 Å². The topological polar surface area (TPSA) is 0 Å². The minimum Gasteiger partial charge on any atom is -0.103 e. The summed E-state index contributed by atoms with van der Waals surface area (Å²) in [5.41, 5.74) is 0. The molecule has 0 heterocycles. The molecule has 106 valence electrons. The lowest BCUT2D eigenvalue weighted by Crippen LogP contribution is -1.98. The standard InChI is InChI=1S/C18H34/c1-4-7-9-11-12-13-15-17-18(6-3)16-14-10-8-5-2/h18H,4-11,14-17H2,1-3H3. The number of hydrogen-bond donors (Lipinski definition) is 0. The van der Waals surface area contributed by atoms with Gasteiger partial charge in [0.25, 0.3) is 0 Å². The van der Waals surface area contributed by atoms with Crippen LogP contribution in [0.5, 0.6) is 0 Å². The van der Waals surface area contributed by atoms with Crippen LogP contribution in [0, 0.1) is 17.8 Å². The molecule has 0 saturated heterocycles.